The van der Waals surface area contributed by atoms with Crippen molar-refractivity contribution >= 4 is 5.95 Å². The summed E-state index contributed by atoms with van der Waals surface area (Å²) in [6, 6.07) is 0.482. The maximum absolute atomic E-state index is 9.28. The molecule has 0 atom stereocenters. The summed E-state index contributed by atoms with van der Waals surface area (Å²) in [7, 11) is 0. The largest absolute Gasteiger partial charge is 0.395 e. The first kappa shape index (κ1) is 16.2. The number of aromatic nitrogens is 2. The van der Waals surface area contributed by atoms with Gasteiger partial charge in [-0.3, -0.25) is 0 Å². The van der Waals surface area contributed by atoms with E-state index in [2.05, 4.69) is 41.0 Å². The van der Waals surface area contributed by atoms with Crippen molar-refractivity contribution in [2.45, 2.75) is 64.6 Å². The molecule has 0 aliphatic heterocycles. The summed E-state index contributed by atoms with van der Waals surface area (Å²) >= 11 is 0. The Balaban J connectivity index is 2.01. The van der Waals surface area contributed by atoms with E-state index in [1.807, 2.05) is 12.4 Å². The second-order valence-electron chi connectivity index (χ2n) is 6.85. The molecule has 1 aliphatic carbocycles. The third kappa shape index (κ3) is 4.93. The average Bonchev–Trinajstić information content (AvgIpc) is 2.96. The molecule has 2 N–H and O–H groups in total. The van der Waals surface area contributed by atoms with Crippen molar-refractivity contribution in [3.05, 3.63) is 18.0 Å². The van der Waals surface area contributed by atoms with Gasteiger partial charge < -0.3 is 15.3 Å². The van der Waals surface area contributed by atoms with Gasteiger partial charge in [0.15, 0.2) is 0 Å². The highest BCUT2D eigenvalue weighted by Gasteiger charge is 2.24. The molecule has 0 bridgehead atoms. The minimum atomic E-state index is 0.0887. The normalized spacial score (nSPS) is 16.4. The molecule has 1 heterocycles. The van der Waals surface area contributed by atoms with Crippen LogP contribution in [0.15, 0.2) is 12.4 Å². The molecule has 0 unspecified atom stereocenters. The van der Waals surface area contributed by atoms with Crippen LogP contribution in [0.1, 0.15) is 52.0 Å². The third-order valence-electron chi connectivity index (χ3n) is 3.88. The SMILES string of the molecule is CC(C)(C)NCc1cnc(N(CCO)C2CCCC2)nc1. The summed E-state index contributed by atoms with van der Waals surface area (Å²) in [4.78, 5) is 11.2. The minimum absolute atomic E-state index is 0.0887. The second kappa shape index (κ2) is 7.18. The summed E-state index contributed by atoms with van der Waals surface area (Å²) in [5, 5.41) is 12.7. The fraction of sp³-hybridized carbons (Fsp3) is 0.750. The number of nitrogens with zero attached hydrogens (tertiary/aromatic N) is 3. The topological polar surface area (TPSA) is 61.3 Å². The van der Waals surface area contributed by atoms with E-state index in [4.69, 9.17) is 0 Å². The first-order chi connectivity index (χ1) is 9.99. The predicted molar refractivity (Wildman–Crippen MR) is 85.3 cm³/mol. The minimum Gasteiger partial charge on any atom is -0.395 e. The van der Waals surface area contributed by atoms with Crippen LogP contribution >= 0.6 is 0 Å². The lowest BCUT2D eigenvalue weighted by molar-refractivity contribution is 0.296. The van der Waals surface area contributed by atoms with E-state index in [0.717, 1.165) is 18.1 Å². The van der Waals surface area contributed by atoms with E-state index in [9.17, 15) is 5.11 Å². The van der Waals surface area contributed by atoms with Gasteiger partial charge in [-0.2, -0.15) is 0 Å². The van der Waals surface area contributed by atoms with Gasteiger partial charge in [-0.25, -0.2) is 9.97 Å². The van der Waals surface area contributed by atoms with E-state index in [0.29, 0.717) is 12.6 Å². The fourth-order valence-electron chi connectivity index (χ4n) is 2.72. The molecule has 0 radical (unpaired) electrons. The standard InChI is InChI=1S/C16H28N4O/c1-16(2,3)19-12-13-10-17-15(18-11-13)20(8-9-21)14-6-4-5-7-14/h10-11,14,19,21H,4-9,12H2,1-3H3. The Bertz CT molecular complexity index is 421. The van der Waals surface area contributed by atoms with Gasteiger partial charge >= 0.3 is 0 Å². The Hall–Kier alpha value is -1.20. The van der Waals surface area contributed by atoms with Crippen molar-refractivity contribution in [3.8, 4) is 0 Å². The zero-order valence-electron chi connectivity index (χ0n) is 13.5. The van der Waals surface area contributed by atoms with Crippen LogP contribution in [0, 0.1) is 0 Å². The Kier molecular flexibility index (Phi) is 5.53. The highest BCUT2D eigenvalue weighted by atomic mass is 16.3. The van der Waals surface area contributed by atoms with Crippen molar-refractivity contribution in [2.75, 3.05) is 18.1 Å². The van der Waals surface area contributed by atoms with Crippen LogP contribution in [0.25, 0.3) is 0 Å². The van der Waals surface area contributed by atoms with E-state index in [1.54, 1.807) is 0 Å². The first-order valence-corrected chi connectivity index (χ1v) is 7.93. The number of rotatable bonds is 6. The van der Waals surface area contributed by atoms with Crippen molar-refractivity contribution in [1.29, 1.82) is 0 Å². The molecule has 1 aliphatic rings. The molecule has 1 fully saturated rings. The van der Waals surface area contributed by atoms with Crippen LogP contribution in [-0.4, -0.2) is 39.8 Å². The van der Waals surface area contributed by atoms with Gasteiger partial charge in [0.2, 0.25) is 5.95 Å². The second-order valence-corrected chi connectivity index (χ2v) is 6.85. The van der Waals surface area contributed by atoms with Crippen LogP contribution < -0.4 is 10.2 Å². The van der Waals surface area contributed by atoms with Crippen molar-refractivity contribution < 1.29 is 5.11 Å². The summed E-state index contributed by atoms with van der Waals surface area (Å²) in [6.07, 6.45) is 8.66. The van der Waals surface area contributed by atoms with Crippen LogP contribution in [0.5, 0.6) is 0 Å². The summed E-state index contributed by atoms with van der Waals surface area (Å²) < 4.78 is 0. The molecule has 118 valence electrons. The Labute approximate surface area is 127 Å². The van der Waals surface area contributed by atoms with Gasteiger partial charge in [0.1, 0.15) is 0 Å². The van der Waals surface area contributed by atoms with Crippen LogP contribution in [0.2, 0.25) is 0 Å². The van der Waals surface area contributed by atoms with Gasteiger partial charge in [-0.15, -0.1) is 0 Å². The van der Waals surface area contributed by atoms with Gasteiger partial charge in [-0.05, 0) is 33.6 Å². The molecule has 5 heteroatoms. The highest BCUT2D eigenvalue weighted by molar-refractivity contribution is 5.32. The number of nitrogens with one attached hydrogen (secondary N) is 1. The van der Waals surface area contributed by atoms with Crippen LogP contribution in [0.3, 0.4) is 0 Å². The summed E-state index contributed by atoms with van der Waals surface area (Å²) in [5.74, 6) is 0.746. The Morgan fingerprint density at radius 1 is 1.24 bits per heavy atom. The molecular formula is C16H28N4O. The zero-order chi connectivity index (χ0) is 15.3. The lowest BCUT2D eigenvalue weighted by Gasteiger charge is -2.28. The van der Waals surface area contributed by atoms with Gasteiger partial charge in [0.25, 0.3) is 0 Å². The summed E-state index contributed by atoms with van der Waals surface area (Å²) in [5.41, 5.74) is 1.18. The Morgan fingerprint density at radius 2 is 1.86 bits per heavy atom. The number of hydrogen-bond acceptors (Lipinski definition) is 5. The molecule has 21 heavy (non-hydrogen) atoms. The lowest BCUT2D eigenvalue weighted by atomic mass is 10.1. The van der Waals surface area contributed by atoms with E-state index >= 15 is 0 Å². The molecule has 0 amide bonds. The molecule has 0 saturated heterocycles. The number of aliphatic hydroxyl groups excluding tert-OH is 1. The number of hydrogen-bond donors (Lipinski definition) is 2. The molecule has 1 saturated carbocycles. The van der Waals surface area contributed by atoms with Crippen LogP contribution in [-0.2, 0) is 6.54 Å². The van der Waals surface area contributed by atoms with Gasteiger partial charge in [0, 0.05) is 42.6 Å². The molecule has 0 spiro atoms. The summed E-state index contributed by atoms with van der Waals surface area (Å²) in [6.45, 7) is 7.96. The Morgan fingerprint density at radius 3 is 2.38 bits per heavy atom. The molecule has 0 aromatic carbocycles. The lowest BCUT2D eigenvalue weighted by Crippen LogP contribution is -2.37. The van der Waals surface area contributed by atoms with E-state index in [1.165, 1.54) is 25.7 Å². The third-order valence-corrected chi connectivity index (χ3v) is 3.88. The van der Waals surface area contributed by atoms with Gasteiger partial charge in [-0.1, -0.05) is 12.8 Å². The molecule has 1 aromatic heterocycles. The quantitative estimate of drug-likeness (QED) is 0.841. The zero-order valence-corrected chi connectivity index (χ0v) is 13.5. The number of anilines is 1. The maximum Gasteiger partial charge on any atom is 0.225 e. The smallest absolute Gasteiger partial charge is 0.225 e. The number of aliphatic hydroxyl groups is 1. The average molecular weight is 292 g/mol. The molecule has 2 rings (SSSR count). The molecular weight excluding hydrogens is 264 g/mol. The van der Waals surface area contributed by atoms with Gasteiger partial charge in [0.05, 0.1) is 6.61 Å². The van der Waals surface area contributed by atoms with E-state index in [-0.39, 0.29) is 12.1 Å². The van der Waals surface area contributed by atoms with Crippen molar-refractivity contribution in [2.24, 2.45) is 0 Å². The maximum atomic E-state index is 9.28. The fourth-order valence-corrected chi connectivity index (χ4v) is 2.72. The van der Waals surface area contributed by atoms with Crippen molar-refractivity contribution in [3.63, 3.8) is 0 Å². The predicted octanol–water partition coefficient (Wildman–Crippen LogP) is 2.11. The van der Waals surface area contributed by atoms with Crippen molar-refractivity contribution in [1.82, 2.24) is 15.3 Å². The van der Waals surface area contributed by atoms with Crippen LogP contribution in [0.4, 0.5) is 5.95 Å². The molecule has 1 aromatic rings. The van der Waals surface area contributed by atoms with E-state index < -0.39 is 0 Å². The monoisotopic (exact) mass is 292 g/mol. The molecule has 5 nitrogen and oxygen atoms in total. The highest BCUT2D eigenvalue weighted by Crippen LogP contribution is 2.25. The first-order valence-electron chi connectivity index (χ1n) is 7.93.